The zero-order chi connectivity index (χ0) is 26.1. The molecule has 0 spiro atoms. The smallest absolute Gasteiger partial charge is 0.339 e. The molecule has 0 radical (unpaired) electrons. The minimum Gasteiger partial charge on any atom is -0.493 e. The summed E-state index contributed by atoms with van der Waals surface area (Å²) in [7, 11) is -2.70. The second kappa shape index (κ2) is 12.1. The van der Waals surface area contributed by atoms with Crippen LogP contribution in [0.1, 0.15) is 11.1 Å². The van der Waals surface area contributed by atoms with E-state index in [1.807, 2.05) is 6.92 Å². The normalized spacial score (nSPS) is 11.1. The molecule has 188 valence electrons. The molecule has 0 aliphatic heterocycles. The summed E-state index contributed by atoms with van der Waals surface area (Å²) in [6.07, 6.45) is 2.62. The molecule has 0 aliphatic carbocycles. The maximum absolute atomic E-state index is 12.6. The van der Waals surface area contributed by atoms with Crippen molar-refractivity contribution >= 4 is 39.6 Å². The van der Waals surface area contributed by atoms with Crippen molar-refractivity contribution in [3.63, 3.8) is 0 Å². The summed E-state index contributed by atoms with van der Waals surface area (Å²) in [6, 6.07) is 17.4. The van der Waals surface area contributed by atoms with E-state index >= 15 is 0 Å². The van der Waals surface area contributed by atoms with Crippen LogP contribution in [-0.2, 0) is 19.7 Å². The fourth-order valence-corrected chi connectivity index (χ4v) is 3.94. The van der Waals surface area contributed by atoms with E-state index in [1.54, 1.807) is 42.5 Å². The SMILES string of the molecule is COc1cc(C=CC(=O)NNC(=O)COc2ccccc2Cl)ccc1OS(=O)(=O)c1ccc(C)cc1. The molecule has 3 rings (SSSR count). The average molecular weight is 531 g/mol. The molecule has 3 aromatic carbocycles. The van der Waals surface area contributed by atoms with Crippen molar-refractivity contribution in [3.05, 3.63) is 89.0 Å². The Hall–Kier alpha value is -4.02. The minimum atomic E-state index is -4.06. The molecule has 9 nitrogen and oxygen atoms in total. The van der Waals surface area contributed by atoms with Gasteiger partial charge in [0, 0.05) is 6.08 Å². The molecule has 0 bridgehead atoms. The van der Waals surface area contributed by atoms with Gasteiger partial charge >= 0.3 is 10.1 Å². The number of nitrogens with one attached hydrogen (secondary N) is 2. The Labute approximate surface area is 213 Å². The van der Waals surface area contributed by atoms with Gasteiger partial charge in [-0.15, -0.1) is 0 Å². The highest BCUT2D eigenvalue weighted by molar-refractivity contribution is 7.87. The number of carbonyl (C=O) groups is 2. The first kappa shape index (κ1) is 26.6. The van der Waals surface area contributed by atoms with Gasteiger partial charge in [-0.1, -0.05) is 47.5 Å². The van der Waals surface area contributed by atoms with Crippen LogP contribution in [0.3, 0.4) is 0 Å². The van der Waals surface area contributed by atoms with Crippen molar-refractivity contribution in [2.45, 2.75) is 11.8 Å². The summed E-state index contributed by atoms with van der Waals surface area (Å²) in [5, 5.41) is 0.358. The molecule has 0 aromatic heterocycles. The Morgan fingerprint density at radius 1 is 0.944 bits per heavy atom. The number of methoxy groups -OCH3 is 1. The van der Waals surface area contributed by atoms with E-state index in [-0.39, 0.29) is 23.0 Å². The van der Waals surface area contributed by atoms with Gasteiger partial charge in [0.05, 0.1) is 12.1 Å². The van der Waals surface area contributed by atoms with Crippen LogP contribution in [0.4, 0.5) is 0 Å². The van der Waals surface area contributed by atoms with Gasteiger partial charge in [-0.2, -0.15) is 8.42 Å². The second-order valence-electron chi connectivity index (χ2n) is 7.35. The summed E-state index contributed by atoms with van der Waals surface area (Å²) < 4.78 is 40.9. The molecule has 0 fully saturated rings. The highest BCUT2D eigenvalue weighted by Crippen LogP contribution is 2.31. The Morgan fingerprint density at radius 3 is 2.36 bits per heavy atom. The largest absolute Gasteiger partial charge is 0.493 e. The van der Waals surface area contributed by atoms with Gasteiger partial charge < -0.3 is 13.7 Å². The second-order valence-corrected chi connectivity index (χ2v) is 9.30. The van der Waals surface area contributed by atoms with Gasteiger partial charge in [0.2, 0.25) is 0 Å². The predicted octanol–water partition coefficient (Wildman–Crippen LogP) is 3.66. The third kappa shape index (κ3) is 7.49. The van der Waals surface area contributed by atoms with Crippen molar-refractivity contribution in [1.82, 2.24) is 10.9 Å². The molecule has 0 saturated heterocycles. The number of hydrazine groups is 1. The lowest BCUT2D eigenvalue weighted by atomic mass is 10.2. The monoisotopic (exact) mass is 530 g/mol. The summed E-state index contributed by atoms with van der Waals surface area (Å²) in [4.78, 5) is 23.9. The molecule has 36 heavy (non-hydrogen) atoms. The first-order chi connectivity index (χ1) is 17.2. The molecule has 2 amide bonds. The van der Waals surface area contributed by atoms with Crippen molar-refractivity contribution in [3.8, 4) is 17.2 Å². The number of rotatable bonds is 9. The first-order valence-corrected chi connectivity index (χ1v) is 12.3. The lowest BCUT2D eigenvalue weighted by Crippen LogP contribution is -2.43. The zero-order valence-electron chi connectivity index (χ0n) is 19.4. The van der Waals surface area contributed by atoms with Crippen LogP contribution in [0.2, 0.25) is 5.02 Å². The highest BCUT2D eigenvalue weighted by atomic mass is 35.5. The molecule has 0 heterocycles. The maximum atomic E-state index is 12.6. The fourth-order valence-electron chi connectivity index (χ4n) is 2.81. The van der Waals surface area contributed by atoms with Crippen LogP contribution in [0.5, 0.6) is 17.2 Å². The lowest BCUT2D eigenvalue weighted by Gasteiger charge is -2.11. The van der Waals surface area contributed by atoms with Crippen LogP contribution < -0.4 is 24.5 Å². The molecule has 0 saturated carbocycles. The quantitative estimate of drug-likeness (QED) is 0.246. The summed E-state index contributed by atoms with van der Waals surface area (Å²) in [5.74, 6) is -0.714. The van der Waals surface area contributed by atoms with E-state index in [9.17, 15) is 18.0 Å². The van der Waals surface area contributed by atoms with Crippen molar-refractivity contribution in [2.75, 3.05) is 13.7 Å². The lowest BCUT2D eigenvalue weighted by molar-refractivity contribution is -0.128. The highest BCUT2D eigenvalue weighted by Gasteiger charge is 2.19. The molecule has 0 aliphatic rings. The molecule has 11 heteroatoms. The van der Waals surface area contributed by atoms with Gasteiger partial charge in [0.1, 0.15) is 10.6 Å². The average Bonchev–Trinajstić information content (AvgIpc) is 2.86. The number of carbonyl (C=O) groups excluding carboxylic acids is 2. The number of ether oxygens (including phenoxy) is 2. The zero-order valence-corrected chi connectivity index (χ0v) is 20.9. The third-order valence-electron chi connectivity index (χ3n) is 4.64. The Balaban J connectivity index is 1.56. The Bertz CT molecular complexity index is 1370. The van der Waals surface area contributed by atoms with E-state index in [0.29, 0.717) is 16.3 Å². The third-order valence-corrected chi connectivity index (χ3v) is 6.21. The topological polar surface area (TPSA) is 120 Å². The van der Waals surface area contributed by atoms with Gasteiger partial charge in [0.25, 0.3) is 11.8 Å². The summed E-state index contributed by atoms with van der Waals surface area (Å²) in [6.45, 7) is 1.50. The maximum Gasteiger partial charge on any atom is 0.339 e. The Kier molecular flexibility index (Phi) is 8.93. The number of benzene rings is 3. The molecule has 0 unspecified atom stereocenters. The number of amides is 2. The van der Waals surface area contributed by atoms with Crippen LogP contribution in [0.15, 0.2) is 77.7 Å². The number of hydrogen-bond donors (Lipinski definition) is 2. The fraction of sp³-hybridized carbons (Fsp3) is 0.120. The van der Waals surface area contributed by atoms with Gasteiger partial charge in [0.15, 0.2) is 18.1 Å². The van der Waals surface area contributed by atoms with Crippen molar-refractivity contribution in [2.24, 2.45) is 0 Å². The van der Waals surface area contributed by atoms with Gasteiger partial charge in [-0.3, -0.25) is 20.4 Å². The van der Waals surface area contributed by atoms with Crippen molar-refractivity contribution in [1.29, 1.82) is 0 Å². The predicted molar refractivity (Wildman–Crippen MR) is 134 cm³/mol. The van der Waals surface area contributed by atoms with E-state index in [4.69, 9.17) is 25.3 Å². The molecule has 3 aromatic rings. The van der Waals surface area contributed by atoms with Crippen LogP contribution >= 0.6 is 11.6 Å². The summed E-state index contributed by atoms with van der Waals surface area (Å²) in [5.41, 5.74) is 5.88. The van der Waals surface area contributed by atoms with E-state index in [0.717, 1.165) is 5.56 Å². The van der Waals surface area contributed by atoms with Crippen LogP contribution in [-0.4, -0.2) is 33.9 Å². The van der Waals surface area contributed by atoms with Gasteiger partial charge in [-0.25, -0.2) is 0 Å². The molecular formula is C25H23ClN2O7S. The number of halogens is 1. The molecule has 2 N–H and O–H groups in total. The number of aryl methyl sites for hydroxylation is 1. The van der Waals surface area contributed by atoms with E-state index in [1.165, 1.54) is 43.5 Å². The minimum absolute atomic E-state index is 0.00883. The van der Waals surface area contributed by atoms with Crippen LogP contribution in [0, 0.1) is 6.92 Å². The van der Waals surface area contributed by atoms with E-state index < -0.39 is 21.9 Å². The van der Waals surface area contributed by atoms with Crippen LogP contribution in [0.25, 0.3) is 6.08 Å². The van der Waals surface area contributed by atoms with Crippen molar-refractivity contribution < 1.29 is 31.7 Å². The molecule has 0 atom stereocenters. The Morgan fingerprint density at radius 2 is 1.67 bits per heavy atom. The summed E-state index contributed by atoms with van der Waals surface area (Å²) >= 11 is 5.95. The standard InChI is InChI=1S/C25H23ClN2O7S/c1-17-7-11-19(12-8-17)36(31,32)35-22-13-9-18(15-23(22)33-2)10-14-24(29)27-28-25(30)16-34-21-6-4-3-5-20(21)26/h3-15H,16H2,1-2H3,(H,27,29)(H,28,30). The van der Waals surface area contributed by atoms with Gasteiger partial charge in [-0.05, 0) is 55.0 Å². The number of hydrogen-bond acceptors (Lipinski definition) is 7. The molecular weight excluding hydrogens is 508 g/mol. The van der Waals surface area contributed by atoms with E-state index in [2.05, 4.69) is 10.9 Å². The first-order valence-electron chi connectivity index (χ1n) is 10.5. The number of para-hydroxylation sites is 1.